The number of halogens is 1. The molecule has 0 saturated heterocycles. The van der Waals surface area contributed by atoms with E-state index in [1.165, 1.54) is 16.0 Å². The molecule has 1 aromatic heterocycles. The number of hydrogen-bond acceptors (Lipinski definition) is 4. The van der Waals surface area contributed by atoms with E-state index in [-0.39, 0.29) is 36.4 Å². The highest BCUT2D eigenvalue weighted by molar-refractivity contribution is 14.0. The number of thiazole rings is 1. The molecule has 1 aliphatic rings. The fourth-order valence-electron chi connectivity index (χ4n) is 3.07. The molecule has 2 aromatic rings. The molecular weight excluding hydrogens is 485 g/mol. The number of nitrogens with zero attached hydrogens (tertiary/aromatic N) is 3. The lowest BCUT2D eigenvalue weighted by molar-refractivity contribution is -0.130. The average molecular weight is 513 g/mol. The van der Waals surface area contributed by atoms with E-state index in [0.717, 1.165) is 30.2 Å². The molecule has 2 N–H and O–H groups in total. The Labute approximate surface area is 187 Å². The molecule has 28 heavy (non-hydrogen) atoms. The molecule has 6 nitrogen and oxygen atoms in total. The molecule has 0 aliphatic carbocycles. The van der Waals surface area contributed by atoms with E-state index < -0.39 is 0 Å². The maximum absolute atomic E-state index is 12.6. The Morgan fingerprint density at radius 3 is 2.68 bits per heavy atom. The first-order chi connectivity index (χ1) is 13.1. The number of fused-ring (bicyclic) bond motifs is 1. The van der Waals surface area contributed by atoms with Gasteiger partial charge in [0.05, 0.1) is 12.2 Å². The third-order valence-corrected chi connectivity index (χ3v) is 5.75. The summed E-state index contributed by atoms with van der Waals surface area (Å²) in [7, 11) is 0. The van der Waals surface area contributed by atoms with E-state index in [1.54, 1.807) is 11.3 Å². The van der Waals surface area contributed by atoms with Gasteiger partial charge in [-0.15, -0.1) is 35.3 Å². The van der Waals surface area contributed by atoms with Crippen molar-refractivity contribution in [2.24, 2.45) is 4.99 Å². The van der Waals surface area contributed by atoms with Crippen molar-refractivity contribution in [2.75, 3.05) is 19.6 Å². The lowest BCUT2D eigenvalue weighted by atomic mass is 10.00. The standard InChI is InChI=1S/C20H27N5OS.HI/c1-4-21-20(22-11-18-24-14(2)15(3)27-18)23-12-19(26)25-10-9-16-7-5-6-8-17(16)13-25;/h5-8H,4,9-13H2,1-3H3,(H2,21,22,23);1H. The number of benzene rings is 1. The van der Waals surface area contributed by atoms with E-state index in [9.17, 15) is 4.79 Å². The molecule has 0 bridgehead atoms. The number of amides is 1. The zero-order chi connectivity index (χ0) is 19.2. The molecule has 0 fully saturated rings. The van der Waals surface area contributed by atoms with E-state index in [1.807, 2.05) is 24.8 Å². The fourth-order valence-corrected chi connectivity index (χ4v) is 3.94. The monoisotopic (exact) mass is 513 g/mol. The van der Waals surface area contributed by atoms with Crippen LogP contribution in [0.1, 0.15) is 33.6 Å². The van der Waals surface area contributed by atoms with E-state index in [2.05, 4.69) is 45.7 Å². The molecule has 8 heteroatoms. The Balaban J connectivity index is 0.00000280. The number of guanidine groups is 1. The second kappa shape index (κ2) is 10.8. The van der Waals surface area contributed by atoms with Crippen LogP contribution >= 0.6 is 35.3 Å². The van der Waals surface area contributed by atoms with Crippen molar-refractivity contribution in [2.45, 2.75) is 40.3 Å². The zero-order valence-corrected chi connectivity index (χ0v) is 19.8. The van der Waals surface area contributed by atoms with Gasteiger partial charge in [0, 0.05) is 24.5 Å². The Bertz CT molecular complexity index is 816. The minimum atomic E-state index is 0. The lowest BCUT2D eigenvalue weighted by Gasteiger charge is -2.28. The summed E-state index contributed by atoms with van der Waals surface area (Å²) in [4.78, 5) is 24.7. The molecule has 0 saturated carbocycles. The van der Waals surface area contributed by atoms with Crippen molar-refractivity contribution in [1.82, 2.24) is 20.5 Å². The van der Waals surface area contributed by atoms with Gasteiger partial charge >= 0.3 is 0 Å². The minimum absolute atomic E-state index is 0. The Morgan fingerprint density at radius 2 is 2.00 bits per heavy atom. The van der Waals surface area contributed by atoms with Gasteiger partial charge in [0.15, 0.2) is 5.96 Å². The summed E-state index contributed by atoms with van der Waals surface area (Å²) >= 11 is 1.68. The number of rotatable bonds is 5. The van der Waals surface area contributed by atoms with Gasteiger partial charge in [-0.25, -0.2) is 9.98 Å². The van der Waals surface area contributed by atoms with E-state index in [0.29, 0.717) is 19.0 Å². The van der Waals surface area contributed by atoms with E-state index >= 15 is 0 Å². The van der Waals surface area contributed by atoms with Crippen molar-refractivity contribution in [1.29, 1.82) is 0 Å². The first-order valence-corrected chi connectivity index (χ1v) is 10.2. The molecule has 0 unspecified atom stereocenters. The second-order valence-corrected chi connectivity index (χ2v) is 7.92. The van der Waals surface area contributed by atoms with Crippen LogP contribution in [0, 0.1) is 13.8 Å². The van der Waals surface area contributed by atoms with Gasteiger partial charge in [0.1, 0.15) is 11.6 Å². The van der Waals surface area contributed by atoms with Crippen molar-refractivity contribution >= 4 is 47.2 Å². The van der Waals surface area contributed by atoms with Crippen LogP contribution in [0.25, 0.3) is 0 Å². The molecule has 152 valence electrons. The quantitative estimate of drug-likeness (QED) is 0.367. The molecule has 1 amide bonds. The van der Waals surface area contributed by atoms with Crippen LogP contribution in [0.2, 0.25) is 0 Å². The van der Waals surface area contributed by atoms with Crippen LogP contribution in [0.3, 0.4) is 0 Å². The second-order valence-electron chi connectivity index (χ2n) is 6.63. The number of hydrogen-bond donors (Lipinski definition) is 2. The van der Waals surface area contributed by atoms with Gasteiger partial charge in [0.25, 0.3) is 0 Å². The Hall–Kier alpha value is -1.68. The van der Waals surface area contributed by atoms with Crippen LogP contribution in [-0.2, 0) is 24.3 Å². The fraction of sp³-hybridized carbons (Fsp3) is 0.450. The van der Waals surface area contributed by atoms with Crippen molar-refractivity contribution in [3.63, 3.8) is 0 Å². The predicted octanol–water partition coefficient (Wildman–Crippen LogP) is 3.02. The SMILES string of the molecule is CCNC(=NCC(=O)N1CCc2ccccc2C1)NCc1nc(C)c(C)s1.I. The summed E-state index contributed by atoms with van der Waals surface area (Å²) in [6.07, 6.45) is 0.909. The number of carbonyl (C=O) groups is 1. The van der Waals surface area contributed by atoms with Gasteiger partial charge in [-0.2, -0.15) is 0 Å². The third-order valence-electron chi connectivity index (χ3n) is 4.68. The number of aromatic nitrogens is 1. The highest BCUT2D eigenvalue weighted by Gasteiger charge is 2.20. The van der Waals surface area contributed by atoms with Gasteiger partial charge < -0.3 is 15.5 Å². The van der Waals surface area contributed by atoms with Crippen molar-refractivity contribution < 1.29 is 4.79 Å². The maximum Gasteiger partial charge on any atom is 0.244 e. The largest absolute Gasteiger partial charge is 0.357 e. The zero-order valence-electron chi connectivity index (χ0n) is 16.6. The maximum atomic E-state index is 12.6. The molecule has 3 rings (SSSR count). The normalized spacial score (nSPS) is 13.5. The van der Waals surface area contributed by atoms with Crippen molar-refractivity contribution in [3.8, 4) is 0 Å². The highest BCUT2D eigenvalue weighted by Crippen LogP contribution is 2.18. The molecule has 0 atom stereocenters. The molecule has 1 aliphatic heterocycles. The van der Waals surface area contributed by atoms with Gasteiger partial charge in [-0.3, -0.25) is 4.79 Å². The van der Waals surface area contributed by atoms with Crippen LogP contribution in [-0.4, -0.2) is 41.4 Å². The predicted molar refractivity (Wildman–Crippen MR) is 125 cm³/mol. The minimum Gasteiger partial charge on any atom is -0.357 e. The Kier molecular flexibility index (Phi) is 8.68. The number of nitrogens with one attached hydrogen (secondary N) is 2. The van der Waals surface area contributed by atoms with Gasteiger partial charge in [-0.1, -0.05) is 24.3 Å². The number of aryl methyl sites for hydroxylation is 2. The molecule has 1 aromatic carbocycles. The first kappa shape index (κ1) is 22.6. The first-order valence-electron chi connectivity index (χ1n) is 9.36. The average Bonchev–Trinajstić information content (AvgIpc) is 3.01. The summed E-state index contributed by atoms with van der Waals surface area (Å²) in [5.41, 5.74) is 3.65. The molecular formula is C20H28IN5OS. The summed E-state index contributed by atoms with van der Waals surface area (Å²) in [6.45, 7) is 9.03. The van der Waals surface area contributed by atoms with Gasteiger partial charge in [0.2, 0.25) is 5.91 Å². The number of aliphatic imine (C=N–C) groups is 1. The van der Waals surface area contributed by atoms with Crippen LogP contribution in [0.15, 0.2) is 29.3 Å². The third kappa shape index (κ3) is 5.91. The molecule has 0 spiro atoms. The lowest BCUT2D eigenvalue weighted by Crippen LogP contribution is -2.40. The number of carbonyl (C=O) groups excluding carboxylic acids is 1. The topological polar surface area (TPSA) is 69.6 Å². The summed E-state index contributed by atoms with van der Waals surface area (Å²) in [5, 5.41) is 7.48. The van der Waals surface area contributed by atoms with Crippen LogP contribution in [0.4, 0.5) is 0 Å². The summed E-state index contributed by atoms with van der Waals surface area (Å²) in [6, 6.07) is 8.33. The van der Waals surface area contributed by atoms with Crippen molar-refractivity contribution in [3.05, 3.63) is 51.0 Å². The molecule has 0 radical (unpaired) electrons. The Morgan fingerprint density at radius 1 is 1.25 bits per heavy atom. The summed E-state index contributed by atoms with van der Waals surface area (Å²) in [5.74, 6) is 0.705. The van der Waals surface area contributed by atoms with Gasteiger partial charge in [-0.05, 0) is 38.3 Å². The highest BCUT2D eigenvalue weighted by atomic mass is 127. The van der Waals surface area contributed by atoms with E-state index in [4.69, 9.17) is 0 Å². The molecule has 2 heterocycles. The van der Waals surface area contributed by atoms with Crippen LogP contribution < -0.4 is 10.6 Å². The summed E-state index contributed by atoms with van der Waals surface area (Å²) < 4.78 is 0. The van der Waals surface area contributed by atoms with Crippen LogP contribution in [0.5, 0.6) is 0 Å². The smallest absolute Gasteiger partial charge is 0.244 e.